The molecule has 1 heterocycles. The molecule has 3 amide bonds. The summed E-state index contributed by atoms with van der Waals surface area (Å²) in [6.07, 6.45) is 7.43. The largest absolute Gasteiger partial charge is 0.379 e. The first kappa shape index (κ1) is 20.8. The smallest absolute Gasteiger partial charge is 0.319 e. The number of carbonyl (C=O) groups excluding carboxylic acids is 2. The summed E-state index contributed by atoms with van der Waals surface area (Å²) in [5.41, 5.74) is 1.20. The Labute approximate surface area is 184 Å². The van der Waals surface area contributed by atoms with Crippen LogP contribution in [-0.2, 0) is 4.74 Å². The van der Waals surface area contributed by atoms with Crippen molar-refractivity contribution in [1.82, 2.24) is 15.5 Å². The van der Waals surface area contributed by atoms with E-state index in [1.807, 2.05) is 12.1 Å². The number of benzene rings is 1. The van der Waals surface area contributed by atoms with E-state index in [9.17, 15) is 9.59 Å². The summed E-state index contributed by atoms with van der Waals surface area (Å²) >= 11 is 0. The molecule has 6 rings (SSSR count). The second-order valence-electron chi connectivity index (χ2n) is 10.1. The van der Waals surface area contributed by atoms with E-state index in [1.165, 1.54) is 19.3 Å². The molecule has 7 heteroatoms. The number of ether oxygens (including phenoxy) is 1. The molecule has 1 saturated heterocycles. The highest BCUT2D eigenvalue weighted by Gasteiger charge is 2.51. The molecule has 0 spiro atoms. The van der Waals surface area contributed by atoms with Crippen LogP contribution in [0.4, 0.5) is 10.5 Å². The van der Waals surface area contributed by atoms with Crippen molar-refractivity contribution in [3.63, 3.8) is 0 Å². The van der Waals surface area contributed by atoms with Gasteiger partial charge in [-0.1, -0.05) is 6.07 Å². The van der Waals surface area contributed by atoms with E-state index in [0.717, 1.165) is 69.9 Å². The third kappa shape index (κ3) is 4.88. The third-order valence-electron chi connectivity index (χ3n) is 7.62. The van der Waals surface area contributed by atoms with Gasteiger partial charge >= 0.3 is 6.03 Å². The second kappa shape index (κ2) is 8.79. The fourth-order valence-corrected chi connectivity index (χ4v) is 6.66. The topological polar surface area (TPSA) is 82.7 Å². The SMILES string of the molecule is O=C(Nc1cccc(C(=O)NCCN2CCOCC2)c1)NC12CC3CC(CC(C3)C1)C2. The van der Waals surface area contributed by atoms with Crippen LogP contribution < -0.4 is 16.0 Å². The normalized spacial score (nSPS) is 31.9. The molecule has 5 fully saturated rings. The number of carbonyl (C=O) groups is 2. The van der Waals surface area contributed by atoms with Crippen molar-refractivity contribution >= 4 is 17.6 Å². The number of urea groups is 1. The Balaban J connectivity index is 1.13. The van der Waals surface area contributed by atoms with Crippen LogP contribution in [0.3, 0.4) is 0 Å². The quantitative estimate of drug-likeness (QED) is 0.653. The molecule has 4 aliphatic carbocycles. The van der Waals surface area contributed by atoms with Gasteiger partial charge in [0.1, 0.15) is 0 Å². The summed E-state index contributed by atoms with van der Waals surface area (Å²) in [7, 11) is 0. The number of anilines is 1. The molecule has 0 aromatic heterocycles. The van der Waals surface area contributed by atoms with Crippen molar-refractivity contribution < 1.29 is 14.3 Å². The van der Waals surface area contributed by atoms with Gasteiger partial charge < -0.3 is 20.7 Å². The Morgan fingerprint density at radius 1 is 1.03 bits per heavy atom. The Bertz CT molecular complexity index is 786. The lowest BCUT2D eigenvalue weighted by Crippen LogP contribution is -2.60. The van der Waals surface area contributed by atoms with Gasteiger partial charge in [0.15, 0.2) is 0 Å². The average molecular weight is 427 g/mol. The average Bonchev–Trinajstić information content (AvgIpc) is 2.73. The number of nitrogens with zero attached hydrogens (tertiary/aromatic N) is 1. The summed E-state index contributed by atoms with van der Waals surface area (Å²) < 4.78 is 5.35. The molecule has 0 atom stereocenters. The molecule has 1 aromatic carbocycles. The van der Waals surface area contributed by atoms with E-state index in [1.54, 1.807) is 12.1 Å². The molecule has 168 valence electrons. The zero-order valence-corrected chi connectivity index (χ0v) is 18.2. The summed E-state index contributed by atoms with van der Waals surface area (Å²) in [5, 5.41) is 9.27. The summed E-state index contributed by atoms with van der Waals surface area (Å²) in [4.78, 5) is 27.6. The van der Waals surface area contributed by atoms with Crippen LogP contribution in [0, 0.1) is 17.8 Å². The Hall–Kier alpha value is -2.12. The molecule has 1 aliphatic heterocycles. The molecule has 3 N–H and O–H groups in total. The van der Waals surface area contributed by atoms with E-state index in [2.05, 4.69) is 20.9 Å². The molecular formula is C24H34N4O3. The van der Waals surface area contributed by atoms with Crippen LogP contribution in [0.5, 0.6) is 0 Å². The first-order chi connectivity index (χ1) is 15.1. The fraction of sp³-hybridized carbons (Fsp3) is 0.667. The van der Waals surface area contributed by atoms with E-state index in [4.69, 9.17) is 4.74 Å². The van der Waals surface area contributed by atoms with Gasteiger partial charge in [-0.2, -0.15) is 0 Å². The maximum absolute atomic E-state index is 12.8. The van der Waals surface area contributed by atoms with Crippen molar-refractivity contribution in [2.24, 2.45) is 17.8 Å². The monoisotopic (exact) mass is 426 g/mol. The lowest BCUT2D eigenvalue weighted by atomic mass is 9.53. The molecule has 5 aliphatic rings. The van der Waals surface area contributed by atoms with Crippen LogP contribution in [0.25, 0.3) is 0 Å². The third-order valence-corrected chi connectivity index (χ3v) is 7.62. The van der Waals surface area contributed by atoms with Crippen LogP contribution in [0.2, 0.25) is 0 Å². The molecule has 31 heavy (non-hydrogen) atoms. The minimum Gasteiger partial charge on any atom is -0.379 e. The molecule has 0 radical (unpaired) electrons. The highest BCUT2D eigenvalue weighted by atomic mass is 16.5. The van der Waals surface area contributed by atoms with Gasteiger partial charge in [-0.25, -0.2) is 4.79 Å². The maximum Gasteiger partial charge on any atom is 0.319 e. The van der Waals surface area contributed by atoms with Gasteiger partial charge in [-0.3, -0.25) is 9.69 Å². The molecule has 0 unspecified atom stereocenters. The Morgan fingerprint density at radius 3 is 2.39 bits per heavy atom. The van der Waals surface area contributed by atoms with Crippen molar-refractivity contribution in [3.05, 3.63) is 29.8 Å². The Morgan fingerprint density at radius 2 is 1.71 bits per heavy atom. The lowest BCUT2D eigenvalue weighted by Gasteiger charge is -2.56. The summed E-state index contributed by atoms with van der Waals surface area (Å²) in [6, 6.07) is 7.04. The maximum atomic E-state index is 12.8. The standard InChI is InChI=1S/C24H34N4O3/c29-22(25-4-5-28-6-8-31-9-7-28)20-2-1-3-21(13-20)26-23(30)27-24-14-17-10-18(15-24)12-19(11-17)16-24/h1-3,13,17-19H,4-12,14-16H2,(H,25,29)(H2,26,27,30). The first-order valence-corrected chi connectivity index (χ1v) is 11.8. The number of rotatable bonds is 6. The van der Waals surface area contributed by atoms with Gasteiger partial charge in [0.25, 0.3) is 5.91 Å². The van der Waals surface area contributed by atoms with Crippen molar-refractivity contribution in [3.8, 4) is 0 Å². The fourth-order valence-electron chi connectivity index (χ4n) is 6.66. The molecule has 4 bridgehead atoms. The minimum atomic E-state index is -0.146. The van der Waals surface area contributed by atoms with Crippen LogP contribution in [0.15, 0.2) is 24.3 Å². The summed E-state index contributed by atoms with van der Waals surface area (Å²) in [5.74, 6) is 2.25. The number of hydrogen-bond acceptors (Lipinski definition) is 4. The van der Waals surface area contributed by atoms with Crippen LogP contribution in [0.1, 0.15) is 48.9 Å². The molecule has 1 aromatic rings. The van der Waals surface area contributed by atoms with E-state index in [0.29, 0.717) is 17.8 Å². The van der Waals surface area contributed by atoms with Crippen molar-refractivity contribution in [2.45, 2.75) is 44.1 Å². The second-order valence-corrected chi connectivity index (χ2v) is 10.1. The minimum absolute atomic E-state index is 0.0205. The highest BCUT2D eigenvalue weighted by molar-refractivity contribution is 5.97. The van der Waals surface area contributed by atoms with Gasteiger partial charge in [-0.05, 0) is 74.5 Å². The van der Waals surface area contributed by atoms with Gasteiger partial charge in [0.2, 0.25) is 0 Å². The predicted molar refractivity (Wildman–Crippen MR) is 119 cm³/mol. The van der Waals surface area contributed by atoms with Crippen molar-refractivity contribution in [1.29, 1.82) is 0 Å². The van der Waals surface area contributed by atoms with E-state index >= 15 is 0 Å². The van der Waals surface area contributed by atoms with Gasteiger partial charge in [0, 0.05) is 43.0 Å². The number of morpholine rings is 1. The highest BCUT2D eigenvalue weighted by Crippen LogP contribution is 2.55. The lowest BCUT2D eigenvalue weighted by molar-refractivity contribution is -0.0127. The first-order valence-electron chi connectivity index (χ1n) is 11.8. The number of hydrogen-bond donors (Lipinski definition) is 3. The molecule has 7 nitrogen and oxygen atoms in total. The Kier molecular flexibility index (Phi) is 5.89. The predicted octanol–water partition coefficient (Wildman–Crippen LogP) is 2.84. The van der Waals surface area contributed by atoms with E-state index in [-0.39, 0.29) is 17.5 Å². The van der Waals surface area contributed by atoms with Crippen molar-refractivity contribution in [2.75, 3.05) is 44.7 Å². The molecular weight excluding hydrogens is 392 g/mol. The van der Waals surface area contributed by atoms with E-state index < -0.39 is 0 Å². The van der Waals surface area contributed by atoms with Gasteiger partial charge in [0.05, 0.1) is 13.2 Å². The molecule has 4 saturated carbocycles. The zero-order valence-electron chi connectivity index (χ0n) is 18.2. The number of amides is 3. The van der Waals surface area contributed by atoms with Crippen LogP contribution in [-0.4, -0.2) is 61.8 Å². The summed E-state index contributed by atoms with van der Waals surface area (Å²) in [6.45, 7) is 4.76. The van der Waals surface area contributed by atoms with Gasteiger partial charge in [-0.15, -0.1) is 0 Å². The number of nitrogens with one attached hydrogen (secondary N) is 3. The zero-order chi connectivity index (χ0) is 21.3. The van der Waals surface area contributed by atoms with Crippen LogP contribution >= 0.6 is 0 Å².